The minimum atomic E-state index is -0.708. The molecule has 2 aliphatic heterocycles. The van der Waals surface area contributed by atoms with Gasteiger partial charge in [-0.25, -0.2) is 9.40 Å². The Hall–Kier alpha value is -3.49. The molecule has 9 heteroatoms. The fraction of sp³-hybridized carbons (Fsp3) is 0.185. The fourth-order valence-corrected chi connectivity index (χ4v) is 5.28. The molecule has 36 heavy (non-hydrogen) atoms. The molecule has 0 saturated heterocycles. The highest BCUT2D eigenvalue weighted by atomic mass is 35.5. The molecule has 0 saturated carbocycles. The Morgan fingerprint density at radius 1 is 1.11 bits per heavy atom. The summed E-state index contributed by atoms with van der Waals surface area (Å²) in [5.74, 6) is -1.39. The molecule has 2 atom stereocenters. The van der Waals surface area contributed by atoms with E-state index in [4.69, 9.17) is 16.7 Å². The summed E-state index contributed by atoms with van der Waals surface area (Å²) in [6.45, 7) is 2.03. The lowest BCUT2D eigenvalue weighted by Crippen LogP contribution is -2.25. The molecule has 0 radical (unpaired) electrons. The number of hydrogen-bond acceptors (Lipinski definition) is 5. The second-order valence-electron chi connectivity index (χ2n) is 8.60. The molecular weight excluding hydrogens is 499 g/mol. The predicted molar refractivity (Wildman–Crippen MR) is 142 cm³/mol. The number of hydrazone groups is 1. The van der Waals surface area contributed by atoms with Gasteiger partial charge in [-0.15, -0.1) is 0 Å². The number of halogens is 2. The molecule has 2 amide bonds. The van der Waals surface area contributed by atoms with Crippen LogP contribution in [0.4, 0.5) is 10.1 Å². The molecule has 0 aromatic heterocycles. The van der Waals surface area contributed by atoms with Gasteiger partial charge in [0.25, 0.3) is 5.91 Å². The van der Waals surface area contributed by atoms with E-state index in [1.54, 1.807) is 17.1 Å². The second-order valence-corrected chi connectivity index (χ2v) is 10.2. The van der Waals surface area contributed by atoms with Crippen molar-refractivity contribution in [1.29, 1.82) is 0 Å². The zero-order valence-electron chi connectivity index (χ0n) is 19.3. The van der Waals surface area contributed by atoms with Gasteiger partial charge in [-0.2, -0.15) is 10.1 Å². The number of carbonyl (C=O) groups excluding carboxylic acids is 2. The summed E-state index contributed by atoms with van der Waals surface area (Å²) in [4.78, 5) is 29.5. The van der Waals surface area contributed by atoms with E-state index in [2.05, 4.69) is 22.4 Å². The third-order valence-electron chi connectivity index (χ3n) is 5.99. The minimum absolute atomic E-state index is 0.0790. The molecule has 1 N–H and O–H groups in total. The van der Waals surface area contributed by atoms with Crippen molar-refractivity contribution in [3.8, 4) is 0 Å². The van der Waals surface area contributed by atoms with Crippen LogP contribution in [-0.4, -0.2) is 33.0 Å². The summed E-state index contributed by atoms with van der Waals surface area (Å²) >= 11 is 7.26. The van der Waals surface area contributed by atoms with E-state index in [9.17, 15) is 14.0 Å². The maximum absolute atomic E-state index is 13.9. The van der Waals surface area contributed by atoms with E-state index in [1.807, 2.05) is 43.3 Å². The summed E-state index contributed by atoms with van der Waals surface area (Å²) < 4.78 is 13.9. The molecule has 0 unspecified atom stereocenters. The van der Waals surface area contributed by atoms with Crippen LogP contribution in [0.25, 0.3) is 0 Å². The first-order valence-corrected chi connectivity index (χ1v) is 12.7. The van der Waals surface area contributed by atoms with Crippen molar-refractivity contribution in [1.82, 2.24) is 5.01 Å². The Bertz CT molecular complexity index is 1380. The summed E-state index contributed by atoms with van der Waals surface area (Å²) in [7, 11) is 0. The highest BCUT2D eigenvalue weighted by molar-refractivity contribution is 8.15. The molecule has 0 fully saturated rings. The molecule has 0 aliphatic carbocycles. The summed E-state index contributed by atoms with van der Waals surface area (Å²) in [5, 5.41) is 9.51. The first kappa shape index (κ1) is 24.2. The van der Waals surface area contributed by atoms with E-state index < -0.39 is 22.9 Å². The Kier molecular flexibility index (Phi) is 6.89. The highest BCUT2D eigenvalue weighted by Gasteiger charge is 2.39. The normalized spacial score (nSPS) is 19.3. The second kappa shape index (κ2) is 10.2. The van der Waals surface area contributed by atoms with Crippen LogP contribution in [-0.2, 0) is 9.59 Å². The number of para-hydroxylation sites is 1. The number of aliphatic imine (C=N–C) groups is 1. The Labute approximate surface area is 217 Å². The number of nitrogens with zero attached hydrogens (tertiary/aromatic N) is 3. The van der Waals surface area contributed by atoms with Crippen molar-refractivity contribution >= 4 is 51.7 Å². The number of amides is 2. The van der Waals surface area contributed by atoms with E-state index >= 15 is 0 Å². The third kappa shape index (κ3) is 5.20. The molecule has 2 aliphatic rings. The zero-order valence-corrected chi connectivity index (χ0v) is 20.9. The average Bonchev–Trinajstić information content (AvgIpc) is 3.45. The lowest BCUT2D eigenvalue weighted by atomic mass is 9.98. The number of rotatable bonds is 5. The summed E-state index contributed by atoms with van der Waals surface area (Å²) in [6, 6.07) is 21.4. The van der Waals surface area contributed by atoms with Crippen molar-refractivity contribution in [2.45, 2.75) is 31.1 Å². The summed E-state index contributed by atoms with van der Waals surface area (Å²) in [5.41, 5.74) is 4.06. The van der Waals surface area contributed by atoms with Crippen molar-refractivity contribution in [3.63, 3.8) is 0 Å². The van der Waals surface area contributed by atoms with Gasteiger partial charge in [-0.3, -0.25) is 9.59 Å². The molecule has 3 aromatic rings. The molecule has 6 nitrogen and oxygen atoms in total. The van der Waals surface area contributed by atoms with Crippen molar-refractivity contribution in [2.75, 3.05) is 5.32 Å². The van der Waals surface area contributed by atoms with Gasteiger partial charge >= 0.3 is 0 Å². The van der Waals surface area contributed by atoms with Crippen molar-refractivity contribution in [2.24, 2.45) is 10.1 Å². The van der Waals surface area contributed by atoms with Crippen LogP contribution in [0.15, 0.2) is 82.9 Å². The van der Waals surface area contributed by atoms with Crippen LogP contribution in [0, 0.1) is 12.7 Å². The minimum Gasteiger partial charge on any atom is -0.324 e. The van der Waals surface area contributed by atoms with Gasteiger partial charge in [0.2, 0.25) is 5.91 Å². The Morgan fingerprint density at radius 2 is 1.83 bits per heavy atom. The molecule has 182 valence electrons. The number of hydrogen-bond donors (Lipinski definition) is 1. The number of amidine groups is 1. The molecule has 3 aromatic carbocycles. The zero-order chi connectivity index (χ0) is 25.2. The van der Waals surface area contributed by atoms with E-state index in [0.29, 0.717) is 16.6 Å². The molecule has 2 heterocycles. The average molecular weight is 521 g/mol. The first-order chi connectivity index (χ1) is 17.4. The van der Waals surface area contributed by atoms with E-state index in [1.165, 1.54) is 23.9 Å². The number of aryl methyl sites for hydroxylation is 1. The largest absolute Gasteiger partial charge is 0.324 e. The van der Waals surface area contributed by atoms with Gasteiger partial charge < -0.3 is 5.32 Å². The number of nitrogens with one attached hydrogen (secondary N) is 1. The number of anilines is 1. The Morgan fingerprint density at radius 3 is 2.56 bits per heavy atom. The third-order valence-corrected chi connectivity index (χ3v) is 7.39. The van der Waals surface area contributed by atoms with Crippen LogP contribution in [0.3, 0.4) is 0 Å². The molecule has 0 bridgehead atoms. The number of benzene rings is 3. The molecule has 0 spiro atoms. The van der Waals surface area contributed by atoms with Gasteiger partial charge in [0.05, 0.1) is 17.4 Å². The van der Waals surface area contributed by atoms with Gasteiger partial charge in [0.15, 0.2) is 5.17 Å². The van der Waals surface area contributed by atoms with Crippen LogP contribution in [0.1, 0.15) is 35.6 Å². The van der Waals surface area contributed by atoms with E-state index in [-0.39, 0.29) is 18.2 Å². The number of carbonyl (C=O) groups is 2. The van der Waals surface area contributed by atoms with Gasteiger partial charge in [0.1, 0.15) is 11.1 Å². The van der Waals surface area contributed by atoms with Crippen LogP contribution < -0.4 is 5.32 Å². The maximum Gasteiger partial charge on any atom is 0.262 e. The Balaban J connectivity index is 1.36. The lowest BCUT2D eigenvalue weighted by molar-refractivity contribution is -0.121. The van der Waals surface area contributed by atoms with Crippen LogP contribution in [0.2, 0.25) is 5.02 Å². The fourth-order valence-electron chi connectivity index (χ4n) is 4.09. The van der Waals surface area contributed by atoms with Gasteiger partial charge in [-0.05, 0) is 42.3 Å². The topological polar surface area (TPSA) is 74.1 Å². The van der Waals surface area contributed by atoms with Crippen molar-refractivity contribution < 1.29 is 14.0 Å². The predicted octanol–water partition coefficient (Wildman–Crippen LogP) is 5.97. The quantitative estimate of drug-likeness (QED) is 0.450. The first-order valence-electron chi connectivity index (χ1n) is 11.4. The standard InChI is InChI=1S/C27H22ClFN4O2S/c1-16-6-8-18(9-7-16)23-14-22(17-10-12-19(28)13-11-17)32-33(23)27-31-26(35)24(36-27)15-25(34)30-21-5-3-2-4-20(21)29/h2-13,23-24H,14-15H2,1H3,(H,30,34)/t23-,24+/m0/s1. The van der Waals surface area contributed by atoms with Gasteiger partial charge in [0, 0.05) is 17.9 Å². The maximum atomic E-state index is 13.9. The summed E-state index contributed by atoms with van der Waals surface area (Å²) in [6.07, 6.45) is 0.499. The SMILES string of the molecule is Cc1ccc([C@@H]2CC(c3ccc(Cl)cc3)=NN2C2=NC(=O)[C@@H](CC(=O)Nc3ccccc3F)S2)cc1. The number of thioether (sulfide) groups is 1. The highest BCUT2D eigenvalue weighted by Crippen LogP contribution is 2.38. The monoisotopic (exact) mass is 520 g/mol. The van der Waals surface area contributed by atoms with Crippen molar-refractivity contribution in [3.05, 3.63) is 100 Å². The van der Waals surface area contributed by atoms with Crippen LogP contribution >= 0.6 is 23.4 Å². The van der Waals surface area contributed by atoms with E-state index in [0.717, 1.165) is 22.4 Å². The smallest absolute Gasteiger partial charge is 0.262 e. The molecule has 5 rings (SSSR count). The van der Waals surface area contributed by atoms with Gasteiger partial charge in [-0.1, -0.05) is 77.5 Å². The molecular formula is C27H22ClFN4O2S. The lowest BCUT2D eigenvalue weighted by Gasteiger charge is -2.23. The van der Waals surface area contributed by atoms with Crippen LogP contribution in [0.5, 0.6) is 0 Å².